The largest absolute Gasteiger partial charge is 0.481 e. The first-order valence-electron chi connectivity index (χ1n) is 11.9. The van der Waals surface area contributed by atoms with Crippen molar-refractivity contribution in [2.24, 2.45) is 5.92 Å². The predicted octanol–water partition coefficient (Wildman–Crippen LogP) is 5.08. The molecule has 2 aliphatic rings. The average molecular weight is 554 g/mol. The molecule has 10 heteroatoms. The maximum atomic E-state index is 13.9. The Labute approximate surface area is 221 Å². The van der Waals surface area contributed by atoms with Crippen LogP contribution in [0, 0.1) is 5.92 Å². The lowest BCUT2D eigenvalue weighted by Gasteiger charge is -2.48. The number of carbonyl (C=O) groups excluding carboxylic acids is 1. The zero-order valence-corrected chi connectivity index (χ0v) is 22.3. The molecule has 1 N–H and O–H groups in total. The fraction of sp³-hybridized carbons (Fsp3) is 0.462. The van der Waals surface area contributed by atoms with Gasteiger partial charge in [0.25, 0.3) is 5.91 Å². The van der Waals surface area contributed by atoms with Crippen LogP contribution >= 0.6 is 23.2 Å². The monoisotopic (exact) mass is 553 g/mol. The molecule has 1 heterocycles. The number of hydrogen-bond donors (Lipinski definition) is 1. The number of aliphatic carboxylic acids is 1. The summed E-state index contributed by atoms with van der Waals surface area (Å²) in [7, 11) is -3.51. The molecule has 1 aliphatic carbocycles. The smallest absolute Gasteiger partial charge is 0.306 e. The highest BCUT2D eigenvalue weighted by Crippen LogP contribution is 2.48. The molecule has 194 valence electrons. The summed E-state index contributed by atoms with van der Waals surface area (Å²) < 4.78 is 32.3. The average Bonchev–Trinajstić information content (AvgIpc) is 3.64. The normalized spacial score (nSPS) is 23.6. The zero-order valence-electron chi connectivity index (χ0n) is 20.0. The van der Waals surface area contributed by atoms with Crippen LogP contribution in [0.5, 0.6) is 0 Å². The summed E-state index contributed by atoms with van der Waals surface area (Å²) in [6.45, 7) is 3.25. The third-order valence-corrected chi connectivity index (χ3v) is 9.55. The van der Waals surface area contributed by atoms with Gasteiger partial charge in [-0.05, 0) is 68.0 Å². The minimum Gasteiger partial charge on any atom is -0.481 e. The first-order valence-corrected chi connectivity index (χ1v) is 14.4. The van der Waals surface area contributed by atoms with Crippen molar-refractivity contribution in [3.05, 3.63) is 69.7 Å². The fourth-order valence-electron chi connectivity index (χ4n) is 4.72. The molecule has 1 amide bonds. The van der Waals surface area contributed by atoms with Crippen LogP contribution in [0.2, 0.25) is 10.0 Å². The predicted molar refractivity (Wildman–Crippen MR) is 138 cm³/mol. The van der Waals surface area contributed by atoms with Gasteiger partial charge in [-0.1, -0.05) is 47.5 Å². The number of carboxylic acids is 1. The number of amides is 1. The van der Waals surface area contributed by atoms with Gasteiger partial charge in [-0.15, -0.1) is 0 Å². The highest BCUT2D eigenvalue weighted by molar-refractivity contribution is 7.92. The second-order valence-electron chi connectivity index (χ2n) is 9.72. The summed E-state index contributed by atoms with van der Waals surface area (Å²) in [5.41, 5.74) is 1.37. The Balaban J connectivity index is 1.89. The number of benzene rings is 2. The van der Waals surface area contributed by atoms with Gasteiger partial charge in [0.2, 0.25) is 0 Å². The summed E-state index contributed by atoms with van der Waals surface area (Å²) in [6.07, 6.45) is -0.981. The second-order valence-corrected chi connectivity index (χ2v) is 13.2. The van der Waals surface area contributed by atoms with E-state index >= 15 is 0 Å². The van der Waals surface area contributed by atoms with E-state index in [1.165, 1.54) is 0 Å². The molecule has 2 fully saturated rings. The molecule has 1 saturated carbocycles. The summed E-state index contributed by atoms with van der Waals surface area (Å²) >= 11 is 12.4. The first kappa shape index (κ1) is 26.9. The number of morpholine rings is 1. The summed E-state index contributed by atoms with van der Waals surface area (Å²) in [4.78, 5) is 27.1. The Morgan fingerprint density at radius 1 is 1.08 bits per heavy atom. The maximum Gasteiger partial charge on any atom is 0.306 e. The van der Waals surface area contributed by atoms with Gasteiger partial charge in [0, 0.05) is 16.1 Å². The lowest BCUT2D eigenvalue weighted by atomic mass is 9.89. The number of hydrogen-bond acceptors (Lipinski definition) is 5. The molecule has 7 nitrogen and oxygen atoms in total. The molecule has 1 aliphatic heterocycles. The Bertz CT molecular complexity index is 1230. The molecule has 1 saturated heterocycles. The van der Waals surface area contributed by atoms with Crippen molar-refractivity contribution >= 4 is 44.9 Å². The zero-order chi connectivity index (χ0) is 26.2. The van der Waals surface area contributed by atoms with Crippen LogP contribution in [0.3, 0.4) is 0 Å². The van der Waals surface area contributed by atoms with Gasteiger partial charge in [-0.25, -0.2) is 8.42 Å². The van der Waals surface area contributed by atoms with Gasteiger partial charge in [0.15, 0.2) is 9.84 Å². The number of rotatable bonds is 9. The summed E-state index contributed by atoms with van der Waals surface area (Å²) in [6, 6.07) is 12.7. The van der Waals surface area contributed by atoms with Crippen LogP contribution in [0.15, 0.2) is 48.5 Å². The van der Waals surface area contributed by atoms with E-state index in [9.17, 15) is 23.1 Å². The topological polar surface area (TPSA) is 101 Å². The van der Waals surface area contributed by atoms with Crippen molar-refractivity contribution in [1.82, 2.24) is 4.90 Å². The van der Waals surface area contributed by atoms with Gasteiger partial charge in [0.1, 0.15) is 12.2 Å². The molecule has 4 rings (SSSR count). The second kappa shape index (κ2) is 10.7. The van der Waals surface area contributed by atoms with Crippen LogP contribution in [-0.2, 0) is 24.2 Å². The van der Waals surface area contributed by atoms with Crippen LogP contribution in [0.1, 0.15) is 56.4 Å². The minimum atomic E-state index is -3.51. The van der Waals surface area contributed by atoms with Crippen LogP contribution in [0.25, 0.3) is 0 Å². The Kier molecular flexibility index (Phi) is 8.00. The molecular weight excluding hydrogens is 525 g/mol. The first-order chi connectivity index (χ1) is 17.0. The van der Waals surface area contributed by atoms with Crippen LogP contribution in [-0.4, -0.2) is 53.4 Å². The Morgan fingerprint density at radius 3 is 2.31 bits per heavy atom. The highest BCUT2D eigenvalue weighted by atomic mass is 35.5. The van der Waals surface area contributed by atoms with Crippen molar-refractivity contribution in [1.29, 1.82) is 0 Å². The van der Waals surface area contributed by atoms with E-state index in [-0.39, 0.29) is 11.7 Å². The van der Waals surface area contributed by atoms with Crippen molar-refractivity contribution < 1.29 is 27.9 Å². The molecule has 2 aromatic rings. The number of carboxylic acid groups (broad SMARTS) is 1. The molecule has 0 unspecified atom stereocenters. The SMILES string of the molecule is CC(C)S(=O)(=O)C[C@H](C1CC1)N1C(=O)[C@H](CC(=O)O)O[C@H](c2cccc(Cl)c2)[C@H]1c1ccc(Cl)cc1. The molecule has 4 atom stereocenters. The number of halogens is 2. The Hall–Kier alpha value is -2.13. The summed E-state index contributed by atoms with van der Waals surface area (Å²) in [5, 5.41) is 9.89. The molecule has 0 radical (unpaired) electrons. The Morgan fingerprint density at radius 2 is 1.75 bits per heavy atom. The van der Waals surface area contributed by atoms with Crippen LogP contribution in [0.4, 0.5) is 0 Å². The van der Waals surface area contributed by atoms with E-state index in [1.807, 2.05) is 6.07 Å². The molecule has 0 aromatic heterocycles. The highest BCUT2D eigenvalue weighted by Gasteiger charge is 2.51. The molecule has 2 aromatic carbocycles. The maximum absolute atomic E-state index is 13.9. The van der Waals surface area contributed by atoms with Gasteiger partial charge in [-0.2, -0.15) is 0 Å². The number of carbonyl (C=O) groups is 2. The van der Waals surface area contributed by atoms with E-state index in [1.54, 1.807) is 61.2 Å². The third kappa shape index (κ3) is 5.88. The van der Waals surface area contributed by atoms with Gasteiger partial charge < -0.3 is 14.7 Å². The van der Waals surface area contributed by atoms with Crippen molar-refractivity contribution in [3.63, 3.8) is 0 Å². The lowest BCUT2D eigenvalue weighted by Crippen LogP contribution is -2.57. The molecule has 0 bridgehead atoms. The van der Waals surface area contributed by atoms with E-state index in [2.05, 4.69) is 0 Å². The molecule has 36 heavy (non-hydrogen) atoms. The van der Waals surface area contributed by atoms with E-state index in [0.29, 0.717) is 21.2 Å². The van der Waals surface area contributed by atoms with Crippen molar-refractivity contribution in [3.8, 4) is 0 Å². The standard InChI is InChI=1S/C26H29Cl2NO6S/c1-15(2)36(33,34)14-21(16-6-7-16)29-24(17-8-10-19(27)11-9-17)25(18-4-3-5-20(28)12-18)35-22(26(29)32)13-23(30)31/h3-5,8-12,15-16,21-22,24-25H,6-7,13-14H2,1-2H3,(H,30,31)/t21-,22+,24-,25-/m1/s1. The van der Waals surface area contributed by atoms with Crippen LogP contribution < -0.4 is 0 Å². The number of ether oxygens (including phenoxy) is 1. The van der Waals surface area contributed by atoms with E-state index < -0.39 is 57.7 Å². The number of nitrogens with zero attached hydrogens (tertiary/aromatic N) is 1. The van der Waals surface area contributed by atoms with E-state index in [0.717, 1.165) is 12.8 Å². The lowest BCUT2D eigenvalue weighted by molar-refractivity contribution is -0.183. The minimum absolute atomic E-state index is 0.000801. The summed E-state index contributed by atoms with van der Waals surface area (Å²) in [5.74, 6) is -1.90. The molecule has 0 spiro atoms. The van der Waals surface area contributed by atoms with E-state index in [4.69, 9.17) is 27.9 Å². The van der Waals surface area contributed by atoms with Gasteiger partial charge in [0.05, 0.1) is 23.5 Å². The van der Waals surface area contributed by atoms with Crippen molar-refractivity contribution in [2.45, 2.75) is 62.7 Å². The van der Waals surface area contributed by atoms with Gasteiger partial charge >= 0.3 is 5.97 Å². The quantitative estimate of drug-likeness (QED) is 0.464. The van der Waals surface area contributed by atoms with Crippen molar-refractivity contribution in [2.75, 3.05) is 5.75 Å². The number of sulfone groups is 1. The third-order valence-electron chi connectivity index (χ3n) is 6.82. The molecular formula is C26H29Cl2NO6S. The van der Waals surface area contributed by atoms with Gasteiger partial charge in [-0.3, -0.25) is 9.59 Å². The fourth-order valence-corrected chi connectivity index (χ4v) is 6.34.